The molecule has 1 unspecified atom stereocenters. The molecule has 0 aliphatic carbocycles. The molecule has 9 heteroatoms. The van der Waals surface area contributed by atoms with E-state index in [2.05, 4.69) is 14.8 Å². The molecular weight excluding hydrogens is 341 g/mol. The molecule has 1 N–H and O–H groups in total. The van der Waals surface area contributed by atoms with Crippen molar-refractivity contribution >= 4 is 22.3 Å². The van der Waals surface area contributed by atoms with Crippen LogP contribution in [0.3, 0.4) is 0 Å². The van der Waals surface area contributed by atoms with Gasteiger partial charge in [0, 0.05) is 16.7 Å². The molecule has 2 heterocycles. The Morgan fingerprint density at radius 3 is 2.50 bits per heavy atom. The van der Waals surface area contributed by atoms with Gasteiger partial charge in [0.15, 0.2) is 0 Å². The zero-order valence-corrected chi connectivity index (χ0v) is 14.8. The first-order valence-corrected chi connectivity index (χ1v) is 8.72. The van der Waals surface area contributed by atoms with E-state index in [1.807, 2.05) is 27.7 Å². The molecule has 5 nitrogen and oxygen atoms in total. The van der Waals surface area contributed by atoms with Crippen molar-refractivity contribution in [3.05, 3.63) is 24.2 Å². The molecule has 2 aromatic rings. The Labute approximate surface area is 142 Å². The highest BCUT2D eigenvalue weighted by Gasteiger charge is 2.31. The van der Waals surface area contributed by atoms with Gasteiger partial charge in [-0.2, -0.15) is 18.3 Å². The number of hydrogen-bond donors (Lipinski definition) is 1. The summed E-state index contributed by atoms with van der Waals surface area (Å²) in [6, 6.07) is 1.44. The first kappa shape index (κ1) is 19.0. The summed E-state index contributed by atoms with van der Waals surface area (Å²) in [5, 5.41) is 4.36. The zero-order valence-electron chi connectivity index (χ0n) is 14.0. The van der Waals surface area contributed by atoms with Gasteiger partial charge in [0.1, 0.15) is 11.3 Å². The summed E-state index contributed by atoms with van der Waals surface area (Å²) < 4.78 is 53.4. The molecule has 0 fully saturated rings. The third kappa shape index (κ3) is 4.61. The van der Waals surface area contributed by atoms with Crippen LogP contribution in [0.25, 0.3) is 10.9 Å². The van der Waals surface area contributed by atoms with Gasteiger partial charge < -0.3 is 4.55 Å². The zero-order chi connectivity index (χ0) is 18.1. The maximum absolute atomic E-state index is 12.5. The highest BCUT2D eigenvalue weighted by Crippen LogP contribution is 2.25. The molecule has 2 rings (SSSR count). The van der Waals surface area contributed by atoms with Crippen molar-refractivity contribution in [3.63, 3.8) is 0 Å². The minimum absolute atomic E-state index is 0.250. The van der Waals surface area contributed by atoms with Gasteiger partial charge in [-0.05, 0) is 33.3 Å². The normalized spacial score (nSPS) is 15.7. The molecule has 0 amide bonds. The molecule has 2 aromatic heterocycles. The summed E-state index contributed by atoms with van der Waals surface area (Å²) in [6.07, 6.45) is -0.917. The topological polar surface area (TPSA) is 65.8 Å². The Bertz CT molecular complexity index is 696. The second kappa shape index (κ2) is 6.89. The number of halogens is 3. The summed E-state index contributed by atoms with van der Waals surface area (Å²) >= 11 is -1.27. The molecule has 0 aliphatic rings. The molecule has 0 aliphatic heterocycles. The SMILES string of the molecule is CC[C@@H](N[S+]([O-])C(C)(C)C)c1cc2cnn(CC(F)(F)F)c2cn1. The van der Waals surface area contributed by atoms with E-state index in [1.54, 1.807) is 6.07 Å². The molecule has 0 bridgehead atoms. The molecule has 0 radical (unpaired) electrons. The third-order valence-corrected chi connectivity index (χ3v) is 5.06. The Balaban J connectivity index is 2.26. The fourth-order valence-electron chi connectivity index (χ4n) is 2.14. The lowest BCUT2D eigenvalue weighted by molar-refractivity contribution is -0.141. The summed E-state index contributed by atoms with van der Waals surface area (Å²) in [6.45, 7) is 6.36. The van der Waals surface area contributed by atoms with Crippen LogP contribution in [0.2, 0.25) is 0 Å². The van der Waals surface area contributed by atoms with E-state index in [-0.39, 0.29) is 6.04 Å². The van der Waals surface area contributed by atoms with Crippen LogP contribution in [-0.4, -0.2) is 30.2 Å². The van der Waals surface area contributed by atoms with E-state index < -0.39 is 28.8 Å². The predicted octanol–water partition coefficient (Wildman–Crippen LogP) is 3.50. The van der Waals surface area contributed by atoms with Crippen molar-refractivity contribution in [1.29, 1.82) is 0 Å². The smallest absolute Gasteiger partial charge is 0.408 e. The second-order valence-electron chi connectivity index (χ2n) is 6.55. The van der Waals surface area contributed by atoms with Crippen molar-refractivity contribution < 1.29 is 17.7 Å². The van der Waals surface area contributed by atoms with Crippen molar-refractivity contribution in [3.8, 4) is 0 Å². The van der Waals surface area contributed by atoms with Crippen molar-refractivity contribution in [2.75, 3.05) is 0 Å². The Hall–Kier alpha value is -1.32. The number of alkyl halides is 3. The minimum Gasteiger partial charge on any atom is -0.598 e. The van der Waals surface area contributed by atoms with Crippen molar-refractivity contribution in [2.45, 2.75) is 57.6 Å². The lowest BCUT2D eigenvalue weighted by Gasteiger charge is -2.27. The van der Waals surface area contributed by atoms with Gasteiger partial charge >= 0.3 is 6.18 Å². The fourth-order valence-corrected chi connectivity index (χ4v) is 3.04. The van der Waals surface area contributed by atoms with Crippen LogP contribution in [0.15, 0.2) is 18.5 Å². The van der Waals surface area contributed by atoms with Gasteiger partial charge in [0.2, 0.25) is 0 Å². The molecule has 2 atom stereocenters. The first-order chi connectivity index (χ1) is 11.0. The highest BCUT2D eigenvalue weighted by molar-refractivity contribution is 7.90. The Morgan fingerprint density at radius 1 is 1.29 bits per heavy atom. The number of nitrogens with one attached hydrogen (secondary N) is 1. The van der Waals surface area contributed by atoms with Crippen molar-refractivity contribution in [2.24, 2.45) is 0 Å². The Kier molecular flexibility index (Phi) is 5.46. The monoisotopic (exact) mass is 362 g/mol. The van der Waals surface area contributed by atoms with Crippen LogP contribution in [0, 0.1) is 0 Å². The minimum atomic E-state index is -4.34. The number of fused-ring (bicyclic) bond motifs is 1. The molecule has 0 spiro atoms. The average molecular weight is 362 g/mol. The quantitative estimate of drug-likeness (QED) is 0.827. The molecule has 0 saturated heterocycles. The lowest BCUT2D eigenvalue weighted by atomic mass is 10.1. The second-order valence-corrected chi connectivity index (χ2v) is 8.54. The summed E-state index contributed by atoms with van der Waals surface area (Å²) in [5.74, 6) is 0. The van der Waals surface area contributed by atoms with Crippen LogP contribution in [0.1, 0.15) is 45.9 Å². The number of pyridine rings is 1. The largest absolute Gasteiger partial charge is 0.598 e. The number of rotatable bonds is 5. The lowest BCUT2D eigenvalue weighted by Crippen LogP contribution is -2.41. The third-order valence-electron chi connectivity index (χ3n) is 3.45. The van der Waals surface area contributed by atoms with E-state index in [0.717, 1.165) is 4.68 Å². The summed E-state index contributed by atoms with van der Waals surface area (Å²) in [5.41, 5.74) is 0.956. The predicted molar refractivity (Wildman–Crippen MR) is 87.6 cm³/mol. The molecule has 134 valence electrons. The first-order valence-electron chi connectivity index (χ1n) is 7.57. The van der Waals surface area contributed by atoms with E-state index in [1.165, 1.54) is 12.4 Å². The standard InChI is InChI=1S/C15H21F3N4OS/c1-5-11(21-24(23)14(2,3)4)12-6-10-7-20-22(9-15(16,17)18)13(10)8-19-12/h6-8,11,21H,5,9H2,1-4H3/t11-,24?/m1/s1. The van der Waals surface area contributed by atoms with Crippen LogP contribution < -0.4 is 4.72 Å². The highest BCUT2D eigenvalue weighted by atomic mass is 32.2. The van der Waals surface area contributed by atoms with Crippen LogP contribution in [0.5, 0.6) is 0 Å². The number of aromatic nitrogens is 3. The van der Waals surface area contributed by atoms with Crippen LogP contribution in [-0.2, 0) is 17.9 Å². The van der Waals surface area contributed by atoms with E-state index in [0.29, 0.717) is 23.0 Å². The summed E-state index contributed by atoms with van der Waals surface area (Å²) in [4.78, 5) is 4.25. The van der Waals surface area contributed by atoms with E-state index >= 15 is 0 Å². The molecular formula is C15H21F3N4OS. The van der Waals surface area contributed by atoms with Crippen molar-refractivity contribution in [1.82, 2.24) is 19.5 Å². The van der Waals surface area contributed by atoms with Crippen LogP contribution >= 0.6 is 0 Å². The van der Waals surface area contributed by atoms with Gasteiger partial charge in [-0.3, -0.25) is 9.67 Å². The van der Waals surface area contributed by atoms with Crippen LogP contribution in [0.4, 0.5) is 13.2 Å². The van der Waals surface area contributed by atoms with Gasteiger partial charge in [-0.1, -0.05) is 6.92 Å². The van der Waals surface area contributed by atoms with Gasteiger partial charge in [-0.25, -0.2) is 0 Å². The van der Waals surface area contributed by atoms with Gasteiger partial charge in [-0.15, -0.1) is 4.72 Å². The maximum Gasteiger partial charge on any atom is 0.408 e. The fraction of sp³-hybridized carbons (Fsp3) is 0.600. The number of nitrogens with zero attached hydrogens (tertiary/aromatic N) is 3. The van der Waals surface area contributed by atoms with Gasteiger partial charge in [0.25, 0.3) is 0 Å². The van der Waals surface area contributed by atoms with E-state index in [9.17, 15) is 17.7 Å². The Morgan fingerprint density at radius 2 is 1.96 bits per heavy atom. The average Bonchev–Trinajstić information content (AvgIpc) is 2.83. The molecule has 0 saturated carbocycles. The molecule has 24 heavy (non-hydrogen) atoms. The van der Waals surface area contributed by atoms with E-state index in [4.69, 9.17) is 0 Å². The summed E-state index contributed by atoms with van der Waals surface area (Å²) in [7, 11) is 0. The number of hydrogen-bond acceptors (Lipinski definition) is 4. The maximum atomic E-state index is 12.5. The van der Waals surface area contributed by atoms with Gasteiger partial charge in [0.05, 0.1) is 29.6 Å². The molecule has 0 aromatic carbocycles.